The predicted molar refractivity (Wildman–Crippen MR) is 69.0 cm³/mol. The average Bonchev–Trinajstić information content (AvgIpc) is 2.34. The molecule has 1 aromatic carbocycles. The molecule has 0 fully saturated rings. The van der Waals surface area contributed by atoms with Crippen LogP contribution in [-0.2, 0) is 0 Å². The van der Waals surface area contributed by atoms with E-state index in [-0.39, 0.29) is 5.56 Å². The summed E-state index contributed by atoms with van der Waals surface area (Å²) >= 11 is 5.82. The molecule has 88 valence electrons. The zero-order valence-electron chi connectivity index (χ0n) is 16.3. The monoisotopic (exact) mass is 245 g/mol. The van der Waals surface area contributed by atoms with Gasteiger partial charge in [-0.1, -0.05) is 51.3 Å². The van der Waals surface area contributed by atoms with E-state index in [0.29, 0.717) is 5.02 Å². The van der Waals surface area contributed by atoms with Crippen LogP contribution in [0.2, 0.25) is 5.02 Å². The van der Waals surface area contributed by atoms with Crippen LogP contribution < -0.4 is 0 Å². The maximum Gasteiger partial charge on any atom is 0.165 e. The number of carbonyl (C=O) groups excluding carboxylic acids is 1. The Morgan fingerprint density at radius 1 is 1.62 bits per heavy atom. The molecule has 0 heterocycles. The fourth-order valence-electron chi connectivity index (χ4n) is 1.49. The smallest absolute Gasteiger partial charge is 0.165 e. The number of ketones is 1. The highest BCUT2D eigenvalue weighted by Gasteiger charge is 2.21. The molecule has 1 atom stereocenters. The van der Waals surface area contributed by atoms with Gasteiger partial charge in [-0.15, -0.1) is 0 Å². The van der Waals surface area contributed by atoms with E-state index in [9.17, 15) is 4.79 Å². The molecule has 0 bridgehead atoms. The van der Waals surface area contributed by atoms with E-state index in [4.69, 9.17) is 21.2 Å². The lowest BCUT2D eigenvalue weighted by atomic mass is 9.82. The third kappa shape index (κ3) is 3.97. The quantitative estimate of drug-likeness (QED) is 0.712. The Labute approximate surface area is 113 Å². The highest BCUT2D eigenvalue weighted by molar-refractivity contribution is 6.31. The largest absolute Gasteiger partial charge is 0.294 e. The fraction of sp³-hybridized carbons (Fsp3) is 0.500. The Bertz CT molecular complexity index is 576. The molecular formula is C14H19ClO. The SMILES string of the molecule is [2H]C([2H])([2H])C(C)(C[C@]([2H])(C)C(=O)c1cccc(Cl)c1)C([2H])([2H])[2H]. The Hall–Kier alpha value is -0.820. The van der Waals surface area contributed by atoms with Gasteiger partial charge in [-0.05, 0) is 24.0 Å². The summed E-state index contributed by atoms with van der Waals surface area (Å²) in [7, 11) is 0. The molecule has 1 rings (SSSR count). The van der Waals surface area contributed by atoms with Gasteiger partial charge in [0.2, 0.25) is 0 Å². The standard InChI is InChI=1S/C14H19ClO/c1-10(9-14(2,3)4)13(16)11-6-5-7-12(15)8-11/h5-8,10H,9H2,1-4H3/t10-/m0/s1/i2D3,3D3,10D. The Balaban J connectivity index is 3.24. The molecule has 2 heteroatoms. The van der Waals surface area contributed by atoms with Crippen molar-refractivity contribution in [3.05, 3.63) is 34.9 Å². The molecular weight excluding hydrogens is 220 g/mol. The first-order valence-electron chi connectivity index (χ1n) is 8.42. The Morgan fingerprint density at radius 2 is 2.31 bits per heavy atom. The molecule has 0 aliphatic carbocycles. The maximum absolute atomic E-state index is 12.5. The summed E-state index contributed by atoms with van der Waals surface area (Å²) < 4.78 is 53.6. The second-order valence-electron chi connectivity index (χ2n) is 4.13. The van der Waals surface area contributed by atoms with Crippen LogP contribution in [0.25, 0.3) is 0 Å². The molecule has 0 aliphatic heterocycles. The van der Waals surface area contributed by atoms with Gasteiger partial charge in [0.05, 0.1) is 0 Å². The minimum Gasteiger partial charge on any atom is -0.294 e. The molecule has 1 nitrogen and oxygen atoms in total. The van der Waals surface area contributed by atoms with E-state index in [1.807, 2.05) is 0 Å². The molecule has 0 spiro atoms. The number of Topliss-reactive ketones (excluding diaryl/α,β-unsaturated/α-hetero) is 1. The minimum atomic E-state index is -2.84. The van der Waals surface area contributed by atoms with Gasteiger partial charge in [0.1, 0.15) is 0 Å². The van der Waals surface area contributed by atoms with Gasteiger partial charge >= 0.3 is 0 Å². The van der Waals surface area contributed by atoms with Crippen LogP contribution in [0, 0.1) is 11.3 Å². The van der Waals surface area contributed by atoms with E-state index in [2.05, 4.69) is 0 Å². The zero-order valence-corrected chi connectivity index (χ0v) is 10.1. The van der Waals surface area contributed by atoms with Crippen LogP contribution in [0.5, 0.6) is 0 Å². The van der Waals surface area contributed by atoms with Crippen LogP contribution in [0.3, 0.4) is 0 Å². The van der Waals surface area contributed by atoms with Crippen molar-refractivity contribution in [2.45, 2.75) is 34.0 Å². The number of carbonyl (C=O) groups is 1. The molecule has 0 unspecified atom stereocenters. The lowest BCUT2D eigenvalue weighted by Crippen LogP contribution is -2.18. The Kier molecular flexibility index (Phi) is 1.94. The summed E-state index contributed by atoms with van der Waals surface area (Å²) in [5.41, 5.74) is -2.03. The number of halogens is 1. The normalized spacial score (nSPS) is 23.6. The first-order valence-corrected chi connectivity index (χ1v) is 5.30. The van der Waals surface area contributed by atoms with Gasteiger partial charge in [0.15, 0.2) is 5.78 Å². The lowest BCUT2D eigenvalue weighted by Gasteiger charge is -2.22. The molecule has 0 N–H and O–H groups in total. The van der Waals surface area contributed by atoms with Gasteiger partial charge < -0.3 is 0 Å². The van der Waals surface area contributed by atoms with E-state index in [0.717, 1.165) is 6.92 Å². The van der Waals surface area contributed by atoms with Crippen LogP contribution in [0.4, 0.5) is 0 Å². The molecule has 16 heavy (non-hydrogen) atoms. The fourth-order valence-corrected chi connectivity index (χ4v) is 1.68. The van der Waals surface area contributed by atoms with Gasteiger partial charge in [-0.25, -0.2) is 0 Å². The highest BCUT2D eigenvalue weighted by atomic mass is 35.5. The number of rotatable bonds is 3. The van der Waals surface area contributed by atoms with Crippen molar-refractivity contribution in [2.75, 3.05) is 0 Å². The van der Waals surface area contributed by atoms with Gasteiger partial charge in [0, 0.05) is 26.1 Å². The topological polar surface area (TPSA) is 17.1 Å². The van der Waals surface area contributed by atoms with Crippen LogP contribution in [0.1, 0.15) is 53.9 Å². The lowest BCUT2D eigenvalue weighted by molar-refractivity contribution is 0.0897. The number of hydrogen-bond donors (Lipinski definition) is 0. The first kappa shape index (κ1) is 6.20. The summed E-state index contributed by atoms with van der Waals surface area (Å²) in [6, 6.07) is 5.94. The number of hydrogen-bond acceptors (Lipinski definition) is 1. The van der Waals surface area contributed by atoms with Crippen molar-refractivity contribution in [3.8, 4) is 0 Å². The molecule has 0 aromatic heterocycles. The van der Waals surface area contributed by atoms with Crippen LogP contribution in [0.15, 0.2) is 24.3 Å². The van der Waals surface area contributed by atoms with Crippen molar-refractivity contribution >= 4 is 17.4 Å². The predicted octanol–water partition coefficient (Wildman–Crippen LogP) is 4.60. The van der Waals surface area contributed by atoms with E-state index in [1.165, 1.54) is 19.1 Å². The van der Waals surface area contributed by atoms with Crippen molar-refractivity contribution in [3.63, 3.8) is 0 Å². The maximum atomic E-state index is 12.5. The summed E-state index contributed by atoms with van der Waals surface area (Å²) in [5, 5.41) is 0.307. The number of benzene rings is 1. The van der Waals surface area contributed by atoms with Gasteiger partial charge in [-0.3, -0.25) is 4.79 Å². The second-order valence-corrected chi connectivity index (χ2v) is 4.57. The van der Waals surface area contributed by atoms with Crippen molar-refractivity contribution < 1.29 is 14.4 Å². The van der Waals surface area contributed by atoms with Crippen LogP contribution in [-0.4, -0.2) is 5.78 Å². The summed E-state index contributed by atoms with van der Waals surface area (Å²) in [5.74, 6) is -2.58. The third-order valence-corrected chi connectivity index (χ3v) is 2.33. The van der Waals surface area contributed by atoms with Crippen molar-refractivity contribution in [1.82, 2.24) is 0 Å². The first-order chi connectivity index (χ1) is 10.1. The van der Waals surface area contributed by atoms with Crippen molar-refractivity contribution in [2.24, 2.45) is 11.3 Å². The van der Waals surface area contributed by atoms with Gasteiger partial charge in [0.25, 0.3) is 0 Å². The second kappa shape index (κ2) is 5.01. The molecule has 0 saturated heterocycles. The molecule has 0 saturated carbocycles. The molecule has 0 aliphatic rings. The third-order valence-electron chi connectivity index (χ3n) is 2.09. The van der Waals surface area contributed by atoms with E-state index >= 15 is 0 Å². The molecule has 0 amide bonds. The summed E-state index contributed by atoms with van der Waals surface area (Å²) in [6.45, 7) is -3.37. The minimum absolute atomic E-state index is 0.147. The van der Waals surface area contributed by atoms with Gasteiger partial charge in [-0.2, -0.15) is 0 Å². The van der Waals surface area contributed by atoms with Crippen molar-refractivity contribution in [1.29, 1.82) is 0 Å². The Morgan fingerprint density at radius 3 is 2.88 bits per heavy atom. The summed E-state index contributed by atoms with van der Waals surface area (Å²) in [6.07, 6.45) is -0.627. The average molecular weight is 246 g/mol. The molecule has 0 radical (unpaired) electrons. The summed E-state index contributed by atoms with van der Waals surface area (Å²) in [4.78, 5) is 12.5. The highest BCUT2D eigenvalue weighted by Crippen LogP contribution is 2.26. The van der Waals surface area contributed by atoms with E-state index < -0.39 is 37.2 Å². The van der Waals surface area contributed by atoms with E-state index in [1.54, 1.807) is 12.1 Å². The van der Waals surface area contributed by atoms with Crippen LogP contribution >= 0.6 is 11.6 Å². The molecule has 1 aromatic rings. The zero-order chi connectivity index (χ0) is 18.3.